The highest BCUT2D eigenvalue weighted by Gasteiger charge is 2.20. The molecule has 0 radical (unpaired) electrons. The molecular weight excluding hydrogens is 442 g/mol. The highest BCUT2D eigenvalue weighted by molar-refractivity contribution is 5.53. The van der Waals surface area contributed by atoms with Gasteiger partial charge in [0, 0.05) is 62.7 Å². The Labute approximate surface area is 202 Å². The van der Waals surface area contributed by atoms with Crippen LogP contribution in [0.25, 0.3) is 17.0 Å². The van der Waals surface area contributed by atoms with Crippen LogP contribution in [0.5, 0.6) is 0 Å². The number of pyridine rings is 1. The van der Waals surface area contributed by atoms with Gasteiger partial charge >= 0.3 is 0 Å². The summed E-state index contributed by atoms with van der Waals surface area (Å²) in [4.78, 5) is 13.3. The molecule has 5 heterocycles. The van der Waals surface area contributed by atoms with Crippen molar-refractivity contribution in [3.05, 3.63) is 78.2 Å². The Bertz CT molecular complexity index is 1440. The van der Waals surface area contributed by atoms with Crippen molar-refractivity contribution in [1.82, 2.24) is 34.9 Å². The van der Waals surface area contributed by atoms with Crippen LogP contribution in [-0.2, 0) is 12.8 Å². The third kappa shape index (κ3) is 4.42. The van der Waals surface area contributed by atoms with Crippen LogP contribution in [0.1, 0.15) is 17.3 Å². The van der Waals surface area contributed by atoms with Gasteiger partial charge in [-0.3, -0.25) is 4.98 Å². The highest BCUT2D eigenvalue weighted by atomic mass is 16.5. The van der Waals surface area contributed by atoms with Crippen LogP contribution < -0.4 is 9.80 Å². The van der Waals surface area contributed by atoms with Crippen molar-refractivity contribution < 1.29 is 4.52 Å². The van der Waals surface area contributed by atoms with E-state index in [1.165, 1.54) is 11.3 Å². The molecule has 0 aliphatic carbocycles. The van der Waals surface area contributed by atoms with Gasteiger partial charge in [-0.25, -0.2) is 0 Å². The average Bonchev–Trinajstić information content (AvgIpc) is 3.55. The summed E-state index contributed by atoms with van der Waals surface area (Å²) >= 11 is 0. The van der Waals surface area contributed by atoms with E-state index in [4.69, 9.17) is 9.62 Å². The van der Waals surface area contributed by atoms with Gasteiger partial charge in [-0.1, -0.05) is 17.3 Å². The Hall–Kier alpha value is -4.34. The van der Waals surface area contributed by atoms with Gasteiger partial charge in [-0.05, 0) is 48.9 Å². The molecule has 0 spiro atoms. The first kappa shape index (κ1) is 21.2. The second-order valence-electron chi connectivity index (χ2n) is 8.64. The second-order valence-corrected chi connectivity index (χ2v) is 8.64. The van der Waals surface area contributed by atoms with Gasteiger partial charge in [-0.2, -0.15) is 9.50 Å². The van der Waals surface area contributed by atoms with Crippen LogP contribution in [0.4, 0.5) is 11.5 Å². The van der Waals surface area contributed by atoms with E-state index in [-0.39, 0.29) is 0 Å². The Morgan fingerprint density at radius 2 is 1.80 bits per heavy atom. The predicted octanol–water partition coefficient (Wildman–Crippen LogP) is 2.99. The molecule has 1 saturated heterocycles. The molecule has 0 saturated carbocycles. The van der Waals surface area contributed by atoms with E-state index in [2.05, 4.69) is 66.3 Å². The lowest BCUT2D eigenvalue weighted by Crippen LogP contribution is -2.47. The van der Waals surface area contributed by atoms with E-state index in [0.29, 0.717) is 24.6 Å². The summed E-state index contributed by atoms with van der Waals surface area (Å²) in [5.41, 5.74) is 4.11. The molecule has 0 unspecified atom stereocenters. The number of hydrogen-bond acceptors (Lipinski definition) is 9. The van der Waals surface area contributed by atoms with Crippen LogP contribution in [-0.4, -0.2) is 61.1 Å². The van der Waals surface area contributed by atoms with Crippen molar-refractivity contribution in [2.45, 2.75) is 19.8 Å². The van der Waals surface area contributed by atoms with E-state index >= 15 is 0 Å². The summed E-state index contributed by atoms with van der Waals surface area (Å²) in [5.74, 6) is 2.77. The quantitative estimate of drug-likeness (QED) is 0.373. The van der Waals surface area contributed by atoms with E-state index < -0.39 is 0 Å². The molecule has 1 aliphatic heterocycles. The van der Waals surface area contributed by atoms with Crippen molar-refractivity contribution in [3.8, 4) is 11.4 Å². The number of anilines is 2. The Morgan fingerprint density at radius 3 is 2.63 bits per heavy atom. The first-order valence-corrected chi connectivity index (χ1v) is 11.7. The van der Waals surface area contributed by atoms with Crippen molar-refractivity contribution >= 4 is 17.2 Å². The van der Waals surface area contributed by atoms with Crippen LogP contribution in [0.3, 0.4) is 0 Å². The summed E-state index contributed by atoms with van der Waals surface area (Å²) in [5, 5.41) is 17.5. The van der Waals surface area contributed by atoms with E-state index in [0.717, 1.165) is 49.0 Å². The third-order valence-corrected chi connectivity index (χ3v) is 6.23. The first-order valence-electron chi connectivity index (χ1n) is 11.7. The molecule has 176 valence electrons. The summed E-state index contributed by atoms with van der Waals surface area (Å²) < 4.78 is 7.24. The predicted molar refractivity (Wildman–Crippen MR) is 131 cm³/mol. The molecule has 10 nitrogen and oxygen atoms in total. The number of benzene rings is 1. The minimum Gasteiger partial charge on any atom is -0.368 e. The molecule has 1 aliphatic rings. The molecule has 0 N–H and O–H groups in total. The van der Waals surface area contributed by atoms with Crippen LogP contribution in [0, 0.1) is 6.92 Å². The zero-order valence-electron chi connectivity index (χ0n) is 19.4. The Kier molecular flexibility index (Phi) is 5.53. The molecule has 5 aromatic rings. The summed E-state index contributed by atoms with van der Waals surface area (Å²) in [6.07, 6.45) is 4.57. The van der Waals surface area contributed by atoms with Gasteiger partial charge in [0.1, 0.15) is 5.82 Å². The maximum absolute atomic E-state index is 5.42. The first-order chi connectivity index (χ1) is 17.2. The number of nitrogens with zero attached hydrogens (tertiary/aromatic N) is 9. The maximum Gasteiger partial charge on any atom is 0.227 e. The molecule has 1 aromatic carbocycles. The molecular formula is C25H25N9O. The van der Waals surface area contributed by atoms with E-state index in [1.807, 2.05) is 28.8 Å². The molecule has 1 fully saturated rings. The van der Waals surface area contributed by atoms with E-state index in [9.17, 15) is 0 Å². The fourth-order valence-corrected chi connectivity index (χ4v) is 4.35. The standard InChI is InChI=1S/C25H25N9O/c1-18-4-2-6-20(16-18)32-12-14-33(15-13-32)23-8-7-21-28-29-22(34(21)30-23)9-10-24-27-25(31-35-24)19-5-3-11-26-17-19/h2-8,11,16-17H,9-10,12-15H2,1H3. The van der Waals surface area contributed by atoms with Gasteiger partial charge in [0.05, 0.1) is 0 Å². The number of piperazine rings is 1. The van der Waals surface area contributed by atoms with Crippen molar-refractivity contribution in [2.75, 3.05) is 36.0 Å². The average molecular weight is 468 g/mol. The molecule has 4 aromatic heterocycles. The normalized spacial score (nSPS) is 14.1. The van der Waals surface area contributed by atoms with Crippen LogP contribution >= 0.6 is 0 Å². The van der Waals surface area contributed by atoms with Gasteiger partial charge in [0.25, 0.3) is 0 Å². The lowest BCUT2D eigenvalue weighted by molar-refractivity contribution is 0.377. The summed E-state index contributed by atoms with van der Waals surface area (Å²) in [6.45, 7) is 5.85. The second kappa shape index (κ2) is 9.13. The summed E-state index contributed by atoms with van der Waals surface area (Å²) in [7, 11) is 0. The largest absolute Gasteiger partial charge is 0.368 e. The maximum atomic E-state index is 5.42. The smallest absolute Gasteiger partial charge is 0.227 e. The van der Waals surface area contributed by atoms with E-state index in [1.54, 1.807) is 12.4 Å². The van der Waals surface area contributed by atoms with Crippen molar-refractivity contribution in [3.63, 3.8) is 0 Å². The summed E-state index contributed by atoms with van der Waals surface area (Å²) in [6, 6.07) is 16.4. The molecule has 35 heavy (non-hydrogen) atoms. The van der Waals surface area contributed by atoms with Gasteiger partial charge in [0.15, 0.2) is 11.5 Å². The third-order valence-electron chi connectivity index (χ3n) is 6.23. The molecule has 0 amide bonds. The minimum atomic E-state index is 0.532. The Balaban J connectivity index is 1.14. The molecule has 0 atom stereocenters. The molecule has 10 heteroatoms. The lowest BCUT2D eigenvalue weighted by atomic mass is 10.2. The van der Waals surface area contributed by atoms with Gasteiger partial charge in [0.2, 0.25) is 11.7 Å². The zero-order chi connectivity index (χ0) is 23.6. The van der Waals surface area contributed by atoms with Crippen molar-refractivity contribution in [1.29, 1.82) is 0 Å². The molecule has 0 bridgehead atoms. The number of aromatic nitrogens is 7. The fraction of sp³-hybridized carbons (Fsp3) is 0.280. The van der Waals surface area contributed by atoms with Crippen LogP contribution in [0.2, 0.25) is 0 Å². The topological polar surface area (TPSA) is 101 Å². The van der Waals surface area contributed by atoms with Crippen LogP contribution in [0.15, 0.2) is 65.4 Å². The lowest BCUT2D eigenvalue weighted by Gasteiger charge is -2.36. The monoisotopic (exact) mass is 467 g/mol. The number of aryl methyl sites for hydroxylation is 3. The fourth-order valence-electron chi connectivity index (χ4n) is 4.35. The van der Waals surface area contributed by atoms with Crippen molar-refractivity contribution in [2.24, 2.45) is 0 Å². The zero-order valence-corrected chi connectivity index (χ0v) is 19.4. The number of hydrogen-bond donors (Lipinski definition) is 0. The number of fused-ring (bicyclic) bond motifs is 1. The molecule has 6 rings (SSSR count). The highest BCUT2D eigenvalue weighted by Crippen LogP contribution is 2.21. The minimum absolute atomic E-state index is 0.532. The number of rotatable bonds is 6. The Morgan fingerprint density at radius 1 is 0.914 bits per heavy atom. The van der Waals surface area contributed by atoms with Gasteiger partial charge in [-0.15, -0.1) is 15.3 Å². The van der Waals surface area contributed by atoms with Gasteiger partial charge < -0.3 is 14.3 Å². The SMILES string of the molecule is Cc1cccc(N2CCN(c3ccc4nnc(CCc5nc(-c6cccnc6)no5)n4n3)CC2)c1.